The van der Waals surface area contributed by atoms with E-state index in [1.165, 1.54) is 12.1 Å². The van der Waals surface area contributed by atoms with Crippen LogP contribution in [0.5, 0.6) is 23.5 Å². The smallest absolute Gasteiger partial charge is 0.321 e. The lowest BCUT2D eigenvalue weighted by atomic mass is 9.82. The van der Waals surface area contributed by atoms with Gasteiger partial charge < -0.3 is 14.4 Å². The van der Waals surface area contributed by atoms with Crippen molar-refractivity contribution in [1.29, 1.82) is 0 Å². The van der Waals surface area contributed by atoms with E-state index in [0.717, 1.165) is 61.7 Å². The van der Waals surface area contributed by atoms with Gasteiger partial charge in [-0.1, -0.05) is 23.2 Å². The van der Waals surface area contributed by atoms with Gasteiger partial charge in [0.15, 0.2) is 5.82 Å². The Morgan fingerprint density at radius 3 is 1.96 bits per heavy atom. The summed E-state index contributed by atoms with van der Waals surface area (Å²) in [5.74, 6) is -0.0679. The van der Waals surface area contributed by atoms with Crippen LogP contribution in [0.15, 0.2) is 53.5 Å². The third-order valence-electron chi connectivity index (χ3n) is 8.25. The van der Waals surface area contributed by atoms with Crippen molar-refractivity contribution in [1.82, 2.24) is 39.5 Å². The number of aromatic nitrogens is 8. The Hall–Kier alpha value is -3.88. The molecule has 51 heavy (non-hydrogen) atoms. The van der Waals surface area contributed by atoms with E-state index in [0.29, 0.717) is 15.8 Å². The zero-order chi connectivity index (χ0) is 48.2. The van der Waals surface area contributed by atoms with Crippen molar-refractivity contribution < 1.29 is 37.4 Å². The Bertz CT molecular complexity index is 2440. The predicted octanol–water partition coefficient (Wildman–Crippen LogP) is 9.45. The molecule has 1 unspecified atom stereocenters. The Morgan fingerprint density at radius 1 is 0.843 bits per heavy atom. The Balaban J connectivity index is 0.000000241. The van der Waals surface area contributed by atoms with E-state index >= 15 is 0 Å². The second-order valence-electron chi connectivity index (χ2n) is 11.8. The molecule has 2 aliphatic rings. The molecule has 3 atom stereocenters. The van der Waals surface area contributed by atoms with E-state index in [-0.39, 0.29) is 49.9 Å². The predicted molar refractivity (Wildman–Crippen MR) is 194 cm³/mol. The van der Waals surface area contributed by atoms with Crippen LogP contribution < -0.4 is 14.4 Å². The topological polar surface area (TPSA) is 109 Å². The molecule has 1 saturated heterocycles. The lowest BCUT2D eigenvalue weighted by molar-refractivity contribution is 0.264. The van der Waals surface area contributed by atoms with Crippen LogP contribution in [-0.4, -0.2) is 52.6 Å². The Morgan fingerprint density at radius 2 is 1.41 bits per heavy atom. The molecular weight excluding hydrogens is 767 g/mol. The number of nitrogens with zero attached hydrogens (tertiary/aromatic N) is 9. The SMILES string of the molecule is [2H]C([2H])([2H])C([2H])(n1nc(Br)nc1Oc1cc(F)cc(Cl)c1)C([2H])([2H])[2H].[2H]C([2H])([2H])C([2H])(n1nc(CC2[C@@H]3CC[C@H]2CN(c2cc(C)ncn2)C3)nc1Oc1cc(F)cc(Cl)c1)C([2H])([2H])[2H]. The minimum Gasteiger partial charge on any atom is -0.424 e. The summed E-state index contributed by atoms with van der Waals surface area (Å²) in [6.07, 6.45) is 3.84. The van der Waals surface area contributed by atoms with Crippen LogP contribution in [0, 0.1) is 36.3 Å². The van der Waals surface area contributed by atoms with Gasteiger partial charge in [0, 0.05) is 69.9 Å². The summed E-state index contributed by atoms with van der Waals surface area (Å²) in [4.78, 5) is 18.9. The van der Waals surface area contributed by atoms with Gasteiger partial charge in [-0.15, -0.1) is 5.10 Å². The third-order valence-corrected chi connectivity index (χ3v) is 9.02. The molecule has 5 aromatic rings. The quantitative estimate of drug-likeness (QED) is 0.144. The molecule has 4 heterocycles. The van der Waals surface area contributed by atoms with Crippen LogP contribution in [0.2, 0.25) is 10.0 Å². The molecule has 0 N–H and O–H groups in total. The number of anilines is 1. The molecular formula is C35H38BrCl2F2N9O2. The number of benzene rings is 2. The highest BCUT2D eigenvalue weighted by Crippen LogP contribution is 2.44. The fraction of sp³-hybridized carbons (Fsp3) is 0.429. The first-order valence-electron chi connectivity index (χ1n) is 22.3. The number of aryl methyl sites for hydroxylation is 1. The van der Waals surface area contributed by atoms with Crippen molar-refractivity contribution in [2.24, 2.45) is 17.8 Å². The van der Waals surface area contributed by atoms with Gasteiger partial charge in [-0.2, -0.15) is 15.1 Å². The Kier molecular flexibility index (Phi) is 7.10. The first-order chi connectivity index (χ1) is 29.9. The summed E-state index contributed by atoms with van der Waals surface area (Å²) in [6.45, 7) is -9.84. The normalized spacial score (nSPS) is 23.7. The largest absolute Gasteiger partial charge is 0.424 e. The first-order valence-corrected chi connectivity index (χ1v) is 16.9. The van der Waals surface area contributed by atoms with Crippen LogP contribution in [0.25, 0.3) is 0 Å². The molecule has 2 fully saturated rings. The van der Waals surface area contributed by atoms with Gasteiger partial charge in [-0.25, -0.2) is 28.1 Å². The van der Waals surface area contributed by atoms with Gasteiger partial charge in [0.2, 0.25) is 4.73 Å². The minimum atomic E-state index is -3.33. The summed E-state index contributed by atoms with van der Waals surface area (Å²) < 4.78 is 148. The van der Waals surface area contributed by atoms with E-state index in [4.69, 9.17) is 51.9 Å². The number of ether oxygens (including phenoxy) is 2. The molecule has 0 amide bonds. The second-order valence-corrected chi connectivity index (χ2v) is 13.4. The lowest BCUT2D eigenvalue weighted by Gasteiger charge is -2.38. The van der Waals surface area contributed by atoms with Crippen molar-refractivity contribution in [3.05, 3.63) is 86.7 Å². The van der Waals surface area contributed by atoms with Gasteiger partial charge in [0.1, 0.15) is 35.3 Å². The summed E-state index contributed by atoms with van der Waals surface area (Å²) in [5.41, 5.74) is 0.878. The summed E-state index contributed by atoms with van der Waals surface area (Å²) >= 11 is 14.5. The number of hydrogen-bond donors (Lipinski definition) is 0. The highest BCUT2D eigenvalue weighted by Gasteiger charge is 2.43. The molecule has 7 rings (SSSR count). The van der Waals surface area contributed by atoms with E-state index in [1.54, 1.807) is 6.33 Å². The van der Waals surface area contributed by atoms with E-state index in [2.05, 4.69) is 51.0 Å². The van der Waals surface area contributed by atoms with Crippen molar-refractivity contribution in [3.8, 4) is 23.5 Å². The van der Waals surface area contributed by atoms with Gasteiger partial charge >= 0.3 is 12.0 Å². The molecule has 16 heteroatoms. The molecule has 1 saturated carbocycles. The van der Waals surface area contributed by atoms with E-state index < -0.39 is 63.1 Å². The summed E-state index contributed by atoms with van der Waals surface area (Å²) in [6, 6.07) is 0.818. The van der Waals surface area contributed by atoms with E-state index in [1.807, 2.05) is 13.0 Å². The zero-order valence-electron chi connectivity index (χ0n) is 40.6. The molecule has 1 aliphatic heterocycles. The van der Waals surface area contributed by atoms with Crippen LogP contribution >= 0.6 is 39.1 Å². The number of piperidine rings is 1. The summed E-state index contributed by atoms with van der Waals surface area (Å²) in [7, 11) is 0. The number of rotatable bonds is 9. The van der Waals surface area contributed by atoms with Crippen molar-refractivity contribution in [2.45, 2.75) is 65.6 Å². The van der Waals surface area contributed by atoms with Crippen LogP contribution in [0.3, 0.4) is 0 Å². The van der Waals surface area contributed by atoms with Crippen LogP contribution in [-0.2, 0) is 6.42 Å². The first kappa shape index (κ1) is 22.9. The molecule has 3 aromatic heterocycles. The van der Waals surface area contributed by atoms with Crippen LogP contribution in [0.1, 0.15) is 83.0 Å². The van der Waals surface area contributed by atoms with Crippen molar-refractivity contribution >= 4 is 44.9 Å². The number of hydrogen-bond acceptors (Lipinski definition) is 9. The Labute approximate surface area is 333 Å². The fourth-order valence-corrected chi connectivity index (χ4v) is 6.92. The monoisotopic (exact) mass is 817 g/mol. The maximum absolute atomic E-state index is 14.0. The molecule has 2 aromatic carbocycles. The fourth-order valence-electron chi connectivity index (χ4n) is 6.19. The van der Waals surface area contributed by atoms with Gasteiger partial charge in [0.05, 0.1) is 14.8 Å². The molecule has 11 nitrogen and oxygen atoms in total. The molecule has 0 spiro atoms. The maximum Gasteiger partial charge on any atom is 0.321 e. The van der Waals surface area contributed by atoms with E-state index in [9.17, 15) is 8.78 Å². The third kappa shape index (κ3) is 9.14. The number of halogens is 5. The average Bonchev–Trinajstić information content (AvgIpc) is 3.79. The highest BCUT2D eigenvalue weighted by molar-refractivity contribution is 9.10. The second kappa shape index (κ2) is 15.8. The van der Waals surface area contributed by atoms with Gasteiger partial charge in [-0.3, -0.25) is 0 Å². The zero-order valence-corrected chi connectivity index (χ0v) is 29.7. The van der Waals surface area contributed by atoms with Crippen LogP contribution in [0.4, 0.5) is 14.6 Å². The maximum atomic E-state index is 14.0. The summed E-state index contributed by atoms with van der Waals surface area (Å²) in [5, 5.41) is 7.86. The van der Waals surface area contributed by atoms with Crippen molar-refractivity contribution in [2.75, 3.05) is 18.0 Å². The standard InChI is InChI=1S/C24H28ClFN6O.C11H10BrClFN3O/c1-14(2)32-24(33-20-8-18(25)7-19(26)9-20)29-22(30-32)10-21-16-4-5-17(21)12-31(11-16)23-6-15(3)27-13-28-23;1-6(2)17-11(15-10(12)16-17)18-9-4-7(13)3-8(14)5-9/h6-9,13-14,16-17,21H,4-5,10-12H2,1-3H3;3-6H,1-2H3/t16-,17+,21?;/i1D3,2D3,14D;1D3,2D3,6D. The minimum absolute atomic E-state index is 0.00674. The highest BCUT2D eigenvalue weighted by atomic mass is 79.9. The van der Waals surface area contributed by atoms with Gasteiger partial charge in [-0.05, 0) is 105 Å². The molecule has 0 radical (unpaired) electrons. The lowest BCUT2D eigenvalue weighted by Crippen LogP contribution is -2.43. The number of fused-ring (bicyclic) bond motifs is 2. The van der Waals surface area contributed by atoms with Crippen molar-refractivity contribution in [3.63, 3.8) is 0 Å². The molecule has 1 aliphatic carbocycles. The van der Waals surface area contributed by atoms with Gasteiger partial charge in [0.25, 0.3) is 0 Å². The average molecular weight is 820 g/mol. The molecule has 270 valence electrons. The molecule has 2 bridgehead atoms.